The van der Waals surface area contributed by atoms with Gasteiger partial charge in [0.05, 0.1) is 17.7 Å². The summed E-state index contributed by atoms with van der Waals surface area (Å²) in [5.74, 6) is -0.275. The number of rotatable bonds is 1. The number of carbonyl (C=O) groups excluding carboxylic acids is 1. The Labute approximate surface area is 64.1 Å². The zero-order valence-electron chi connectivity index (χ0n) is 5.37. The Morgan fingerprint density at radius 1 is 1.80 bits per heavy atom. The van der Waals surface area contributed by atoms with Gasteiger partial charge >= 0.3 is 0 Å². The van der Waals surface area contributed by atoms with E-state index in [1.54, 1.807) is 0 Å². The van der Waals surface area contributed by atoms with Gasteiger partial charge in [0, 0.05) is 6.61 Å². The summed E-state index contributed by atoms with van der Waals surface area (Å²) in [6.07, 6.45) is 0.763. The molecule has 0 aromatic carbocycles. The van der Waals surface area contributed by atoms with Gasteiger partial charge in [0.15, 0.2) is 0 Å². The van der Waals surface area contributed by atoms with Gasteiger partial charge < -0.3 is 4.74 Å². The highest BCUT2D eigenvalue weighted by atomic mass is 32.1. The maximum absolute atomic E-state index is 10.9. The molecule has 1 atom stereocenters. The van der Waals surface area contributed by atoms with E-state index in [-0.39, 0.29) is 11.8 Å². The molecule has 1 aliphatic rings. The van der Waals surface area contributed by atoms with Gasteiger partial charge in [0.2, 0.25) is 0 Å². The second-order valence-electron chi connectivity index (χ2n) is 2.10. The smallest absolute Gasteiger partial charge is 0.260 e. The van der Waals surface area contributed by atoms with Gasteiger partial charge in [0.25, 0.3) is 5.91 Å². The van der Waals surface area contributed by atoms with Crippen molar-refractivity contribution in [1.82, 2.24) is 0 Å². The van der Waals surface area contributed by atoms with Crippen LogP contribution >= 0.6 is 12.2 Å². The first kappa shape index (κ1) is 7.54. The van der Waals surface area contributed by atoms with E-state index in [0.717, 1.165) is 6.42 Å². The summed E-state index contributed by atoms with van der Waals surface area (Å²) < 4.78 is 4.98. The van der Waals surface area contributed by atoms with E-state index in [1.807, 2.05) is 5.16 Å². The number of amides is 1. The Hall–Kier alpha value is -0.570. The standard InChI is InChI=1S/C6H7NO2S/c8-6(7-4-10)5-1-2-9-3-5/h5H,1-3H2. The van der Waals surface area contributed by atoms with Crippen LogP contribution in [-0.4, -0.2) is 24.3 Å². The van der Waals surface area contributed by atoms with Crippen molar-refractivity contribution < 1.29 is 9.53 Å². The topological polar surface area (TPSA) is 38.7 Å². The summed E-state index contributed by atoms with van der Waals surface area (Å²) in [6.45, 7) is 1.14. The fourth-order valence-electron chi connectivity index (χ4n) is 0.866. The molecule has 4 heteroatoms. The number of ether oxygens (including phenoxy) is 1. The highest BCUT2D eigenvalue weighted by molar-refractivity contribution is 7.78. The average molecular weight is 157 g/mol. The Balaban J connectivity index is 2.47. The molecule has 0 aliphatic carbocycles. The van der Waals surface area contributed by atoms with E-state index >= 15 is 0 Å². The van der Waals surface area contributed by atoms with Crippen molar-refractivity contribution in [3.05, 3.63) is 0 Å². The Bertz CT molecular complexity index is 180. The van der Waals surface area contributed by atoms with Crippen LogP contribution in [-0.2, 0) is 9.53 Å². The van der Waals surface area contributed by atoms with Crippen LogP contribution in [0.2, 0.25) is 0 Å². The minimum atomic E-state index is -0.201. The Morgan fingerprint density at radius 2 is 2.60 bits per heavy atom. The van der Waals surface area contributed by atoms with Crippen molar-refractivity contribution in [2.75, 3.05) is 13.2 Å². The van der Waals surface area contributed by atoms with Crippen LogP contribution in [0.5, 0.6) is 0 Å². The molecule has 0 N–H and O–H groups in total. The summed E-state index contributed by atoms with van der Waals surface area (Å²) >= 11 is 4.29. The van der Waals surface area contributed by atoms with Crippen LogP contribution in [0, 0.1) is 5.92 Å². The summed E-state index contributed by atoms with van der Waals surface area (Å²) in [6, 6.07) is 0. The monoisotopic (exact) mass is 157 g/mol. The number of hydrogen-bond acceptors (Lipinski definition) is 3. The Morgan fingerprint density at radius 3 is 3.10 bits per heavy atom. The molecule has 0 aromatic heterocycles. The third-order valence-corrected chi connectivity index (χ3v) is 1.53. The summed E-state index contributed by atoms with van der Waals surface area (Å²) in [4.78, 5) is 14.2. The van der Waals surface area contributed by atoms with E-state index in [9.17, 15) is 4.79 Å². The molecule has 1 amide bonds. The normalized spacial score (nSPS) is 23.8. The van der Waals surface area contributed by atoms with Crippen LogP contribution in [0.15, 0.2) is 4.99 Å². The van der Waals surface area contributed by atoms with E-state index in [0.29, 0.717) is 13.2 Å². The minimum absolute atomic E-state index is 0.0737. The molecular formula is C6H7NO2S. The summed E-state index contributed by atoms with van der Waals surface area (Å²) in [7, 11) is 0. The van der Waals surface area contributed by atoms with Gasteiger partial charge in [-0.3, -0.25) is 4.79 Å². The quantitative estimate of drug-likeness (QED) is 0.414. The lowest BCUT2D eigenvalue weighted by Crippen LogP contribution is -2.10. The number of aliphatic imine (C=N–C) groups is 1. The van der Waals surface area contributed by atoms with Crippen molar-refractivity contribution in [3.8, 4) is 0 Å². The summed E-state index contributed by atoms with van der Waals surface area (Å²) in [5.41, 5.74) is 0. The third kappa shape index (κ3) is 1.70. The zero-order chi connectivity index (χ0) is 7.40. The highest BCUT2D eigenvalue weighted by Gasteiger charge is 2.22. The van der Waals surface area contributed by atoms with Gasteiger partial charge in [-0.25, -0.2) is 0 Å². The first-order chi connectivity index (χ1) is 4.84. The molecule has 1 fully saturated rings. The molecule has 0 bridgehead atoms. The third-order valence-electron chi connectivity index (χ3n) is 1.43. The summed E-state index contributed by atoms with van der Waals surface area (Å²) in [5, 5.41) is 2.05. The molecular weight excluding hydrogens is 150 g/mol. The molecule has 0 radical (unpaired) electrons. The molecule has 1 saturated heterocycles. The molecule has 0 saturated carbocycles. The number of isothiocyanates is 1. The molecule has 1 rings (SSSR count). The predicted octanol–water partition coefficient (Wildman–Crippen LogP) is 0.652. The molecule has 3 nitrogen and oxygen atoms in total. The van der Waals surface area contributed by atoms with Crippen molar-refractivity contribution >= 4 is 23.3 Å². The second-order valence-corrected chi connectivity index (χ2v) is 2.28. The second kappa shape index (κ2) is 3.56. The van der Waals surface area contributed by atoms with Crippen molar-refractivity contribution in [1.29, 1.82) is 0 Å². The van der Waals surface area contributed by atoms with Gasteiger partial charge in [-0.2, -0.15) is 4.99 Å². The van der Waals surface area contributed by atoms with E-state index in [2.05, 4.69) is 17.2 Å². The molecule has 10 heavy (non-hydrogen) atoms. The number of hydrogen-bond donors (Lipinski definition) is 0. The van der Waals surface area contributed by atoms with E-state index < -0.39 is 0 Å². The number of nitrogens with zero attached hydrogens (tertiary/aromatic N) is 1. The molecule has 0 aromatic rings. The average Bonchev–Trinajstić information content (AvgIpc) is 2.38. The maximum atomic E-state index is 10.9. The lowest BCUT2D eigenvalue weighted by atomic mass is 10.1. The van der Waals surface area contributed by atoms with Gasteiger partial charge in [-0.1, -0.05) is 0 Å². The molecule has 1 unspecified atom stereocenters. The molecule has 0 spiro atoms. The van der Waals surface area contributed by atoms with Crippen molar-refractivity contribution in [2.24, 2.45) is 10.9 Å². The minimum Gasteiger partial charge on any atom is -0.381 e. The van der Waals surface area contributed by atoms with Crippen LogP contribution in [0.25, 0.3) is 0 Å². The first-order valence-corrected chi connectivity index (χ1v) is 3.45. The lowest BCUT2D eigenvalue weighted by Gasteiger charge is -1.96. The fourth-order valence-corrected chi connectivity index (χ4v) is 0.956. The van der Waals surface area contributed by atoms with Gasteiger partial charge in [-0.15, -0.1) is 0 Å². The van der Waals surface area contributed by atoms with Gasteiger partial charge in [0.1, 0.15) is 0 Å². The maximum Gasteiger partial charge on any atom is 0.260 e. The SMILES string of the molecule is O=C(N=C=S)C1CCOC1. The number of thiocarbonyl (C=S) groups is 1. The Kier molecular flexibility index (Phi) is 2.68. The van der Waals surface area contributed by atoms with Gasteiger partial charge in [-0.05, 0) is 18.6 Å². The molecule has 1 heterocycles. The predicted molar refractivity (Wildman–Crippen MR) is 39.0 cm³/mol. The van der Waals surface area contributed by atoms with Crippen molar-refractivity contribution in [2.45, 2.75) is 6.42 Å². The molecule has 54 valence electrons. The lowest BCUT2D eigenvalue weighted by molar-refractivity contribution is -0.121. The van der Waals surface area contributed by atoms with Crippen LogP contribution in [0.4, 0.5) is 0 Å². The van der Waals surface area contributed by atoms with Crippen LogP contribution < -0.4 is 0 Å². The fraction of sp³-hybridized carbons (Fsp3) is 0.667. The number of carbonyl (C=O) groups is 1. The van der Waals surface area contributed by atoms with Crippen LogP contribution in [0.3, 0.4) is 0 Å². The molecule has 1 aliphatic heterocycles. The highest BCUT2D eigenvalue weighted by Crippen LogP contribution is 2.13. The van der Waals surface area contributed by atoms with Crippen molar-refractivity contribution in [3.63, 3.8) is 0 Å². The van der Waals surface area contributed by atoms with E-state index in [1.165, 1.54) is 0 Å². The van der Waals surface area contributed by atoms with E-state index in [4.69, 9.17) is 4.74 Å². The first-order valence-electron chi connectivity index (χ1n) is 3.04. The zero-order valence-corrected chi connectivity index (χ0v) is 6.19. The van der Waals surface area contributed by atoms with Crippen LogP contribution in [0.1, 0.15) is 6.42 Å². The largest absolute Gasteiger partial charge is 0.381 e.